The van der Waals surface area contributed by atoms with Gasteiger partial charge in [0, 0.05) is 5.56 Å². The Morgan fingerprint density at radius 1 is 1.35 bits per heavy atom. The fourth-order valence-corrected chi connectivity index (χ4v) is 2.18. The van der Waals surface area contributed by atoms with Gasteiger partial charge in [-0.1, -0.05) is 6.92 Å². The normalized spacial score (nSPS) is 10.4. The van der Waals surface area contributed by atoms with Crippen LogP contribution >= 0.6 is 12.4 Å². The first-order valence-corrected chi connectivity index (χ1v) is 7.15. The van der Waals surface area contributed by atoms with Crippen molar-refractivity contribution in [1.29, 1.82) is 0 Å². The van der Waals surface area contributed by atoms with Crippen LogP contribution < -0.4 is 4.74 Å². The van der Waals surface area contributed by atoms with Crippen molar-refractivity contribution in [2.24, 2.45) is 0 Å². The summed E-state index contributed by atoms with van der Waals surface area (Å²) < 4.78 is 10.8. The van der Waals surface area contributed by atoms with E-state index in [2.05, 4.69) is 4.98 Å². The van der Waals surface area contributed by atoms with Crippen LogP contribution in [-0.4, -0.2) is 41.2 Å². The highest BCUT2D eigenvalue weighted by Crippen LogP contribution is 2.23. The molecule has 0 bridgehead atoms. The maximum absolute atomic E-state index is 10.9. The number of hydrogen-bond acceptors (Lipinski definition) is 5. The molecular formula is C16H21ClN2O4. The molecule has 7 heteroatoms. The van der Waals surface area contributed by atoms with Gasteiger partial charge in [0.15, 0.2) is 5.76 Å². The number of aliphatic carboxylic acids is 1. The average molecular weight is 341 g/mol. The lowest BCUT2D eigenvalue weighted by atomic mass is 10.2. The summed E-state index contributed by atoms with van der Waals surface area (Å²) in [5.41, 5.74) is 0.903. The standard InChI is InChI=1S/C16H20N2O4.ClH/c1-3-8-18(11-16(19)20)10-15-17-9-14(22-15)12-4-6-13(21-2)7-5-12;/h4-7,9H,3,8,10-11H2,1-2H3,(H,19,20);1H. The van der Waals surface area contributed by atoms with E-state index in [1.807, 2.05) is 31.2 Å². The van der Waals surface area contributed by atoms with Crippen LogP contribution in [0.1, 0.15) is 19.2 Å². The molecule has 0 saturated carbocycles. The minimum Gasteiger partial charge on any atom is -0.497 e. The first-order valence-electron chi connectivity index (χ1n) is 7.15. The van der Waals surface area contributed by atoms with Gasteiger partial charge in [-0.3, -0.25) is 9.69 Å². The molecular weight excluding hydrogens is 320 g/mol. The van der Waals surface area contributed by atoms with Crippen molar-refractivity contribution < 1.29 is 19.1 Å². The van der Waals surface area contributed by atoms with Gasteiger partial charge < -0.3 is 14.3 Å². The Kier molecular flexibility index (Phi) is 7.57. The lowest BCUT2D eigenvalue weighted by Crippen LogP contribution is -2.30. The van der Waals surface area contributed by atoms with E-state index in [-0.39, 0.29) is 19.0 Å². The first kappa shape index (κ1) is 19.0. The molecule has 0 amide bonds. The third kappa shape index (κ3) is 5.58. The number of rotatable bonds is 8. The molecule has 0 atom stereocenters. The molecule has 0 radical (unpaired) electrons. The third-order valence-electron chi connectivity index (χ3n) is 3.19. The van der Waals surface area contributed by atoms with Crippen LogP contribution in [0, 0.1) is 0 Å². The summed E-state index contributed by atoms with van der Waals surface area (Å²) in [5, 5.41) is 8.92. The zero-order valence-corrected chi connectivity index (χ0v) is 14.0. The minimum absolute atomic E-state index is 0. The molecule has 0 aliphatic rings. The Morgan fingerprint density at radius 2 is 2.04 bits per heavy atom. The Hall–Kier alpha value is -2.05. The summed E-state index contributed by atoms with van der Waals surface area (Å²) in [6.07, 6.45) is 2.53. The van der Waals surface area contributed by atoms with E-state index in [4.69, 9.17) is 14.3 Å². The maximum atomic E-state index is 10.9. The van der Waals surface area contributed by atoms with Gasteiger partial charge in [0.2, 0.25) is 5.89 Å². The summed E-state index contributed by atoms with van der Waals surface area (Å²) in [6.45, 7) is 3.06. The van der Waals surface area contributed by atoms with Gasteiger partial charge in [0.1, 0.15) is 5.75 Å². The summed E-state index contributed by atoms with van der Waals surface area (Å²) in [7, 11) is 1.62. The smallest absolute Gasteiger partial charge is 0.317 e. The number of oxazole rings is 1. The van der Waals surface area contributed by atoms with Crippen molar-refractivity contribution in [3.05, 3.63) is 36.4 Å². The van der Waals surface area contributed by atoms with Crippen LogP contribution in [0.15, 0.2) is 34.9 Å². The van der Waals surface area contributed by atoms with Gasteiger partial charge in [0.05, 0.1) is 26.4 Å². The van der Waals surface area contributed by atoms with Crippen LogP contribution in [-0.2, 0) is 11.3 Å². The molecule has 1 aromatic heterocycles. The predicted molar refractivity (Wildman–Crippen MR) is 88.9 cm³/mol. The predicted octanol–water partition coefficient (Wildman–Crippen LogP) is 3.07. The van der Waals surface area contributed by atoms with Crippen LogP contribution in [0.25, 0.3) is 11.3 Å². The topological polar surface area (TPSA) is 75.8 Å². The Morgan fingerprint density at radius 3 is 2.61 bits per heavy atom. The van der Waals surface area contributed by atoms with Gasteiger partial charge in [0.25, 0.3) is 0 Å². The zero-order valence-electron chi connectivity index (χ0n) is 13.2. The number of ether oxygens (including phenoxy) is 1. The number of halogens is 1. The monoisotopic (exact) mass is 340 g/mol. The van der Waals surface area contributed by atoms with Crippen LogP contribution in [0.5, 0.6) is 5.75 Å². The van der Waals surface area contributed by atoms with Crippen molar-refractivity contribution >= 4 is 18.4 Å². The highest BCUT2D eigenvalue weighted by molar-refractivity contribution is 5.85. The average Bonchev–Trinajstić information content (AvgIpc) is 2.95. The molecule has 6 nitrogen and oxygen atoms in total. The molecule has 1 aromatic carbocycles. The third-order valence-corrected chi connectivity index (χ3v) is 3.19. The zero-order chi connectivity index (χ0) is 15.9. The van der Waals surface area contributed by atoms with E-state index >= 15 is 0 Å². The molecule has 1 heterocycles. The van der Waals surface area contributed by atoms with Crippen molar-refractivity contribution in [3.63, 3.8) is 0 Å². The molecule has 23 heavy (non-hydrogen) atoms. The highest BCUT2D eigenvalue weighted by atomic mass is 35.5. The summed E-state index contributed by atoms with van der Waals surface area (Å²) in [5.74, 6) is 1.10. The Labute approximate surface area is 141 Å². The van der Waals surface area contributed by atoms with E-state index in [1.54, 1.807) is 18.2 Å². The van der Waals surface area contributed by atoms with Crippen molar-refractivity contribution in [1.82, 2.24) is 9.88 Å². The number of carboxylic acids is 1. The first-order chi connectivity index (χ1) is 10.6. The van der Waals surface area contributed by atoms with E-state index in [0.717, 1.165) is 17.7 Å². The molecule has 0 aliphatic carbocycles. The number of carboxylic acid groups (broad SMARTS) is 1. The van der Waals surface area contributed by atoms with Gasteiger partial charge in [-0.15, -0.1) is 12.4 Å². The quantitative estimate of drug-likeness (QED) is 0.796. The summed E-state index contributed by atoms with van der Waals surface area (Å²) >= 11 is 0. The van der Waals surface area contributed by atoms with Crippen molar-refractivity contribution in [3.8, 4) is 17.1 Å². The van der Waals surface area contributed by atoms with E-state index in [0.29, 0.717) is 24.7 Å². The lowest BCUT2D eigenvalue weighted by molar-refractivity contribution is -0.138. The van der Waals surface area contributed by atoms with Gasteiger partial charge in [-0.05, 0) is 37.2 Å². The molecule has 2 aromatic rings. The second kappa shape index (κ2) is 9.17. The second-order valence-corrected chi connectivity index (χ2v) is 4.95. The van der Waals surface area contributed by atoms with Crippen LogP contribution in [0.2, 0.25) is 0 Å². The van der Waals surface area contributed by atoms with Gasteiger partial charge >= 0.3 is 5.97 Å². The molecule has 1 N–H and O–H groups in total. The van der Waals surface area contributed by atoms with Gasteiger partial charge in [-0.25, -0.2) is 4.98 Å². The minimum atomic E-state index is -0.851. The number of methoxy groups -OCH3 is 1. The number of nitrogens with zero attached hydrogens (tertiary/aromatic N) is 2. The number of benzene rings is 1. The fourth-order valence-electron chi connectivity index (χ4n) is 2.18. The second-order valence-electron chi connectivity index (χ2n) is 4.95. The molecule has 0 aliphatic heterocycles. The summed E-state index contributed by atoms with van der Waals surface area (Å²) in [4.78, 5) is 16.9. The Balaban J connectivity index is 0.00000264. The molecule has 0 saturated heterocycles. The fraction of sp³-hybridized carbons (Fsp3) is 0.375. The Bertz CT molecular complexity index is 613. The molecule has 0 unspecified atom stereocenters. The van der Waals surface area contributed by atoms with Crippen LogP contribution in [0.4, 0.5) is 0 Å². The van der Waals surface area contributed by atoms with E-state index in [9.17, 15) is 4.79 Å². The highest BCUT2D eigenvalue weighted by Gasteiger charge is 2.13. The largest absolute Gasteiger partial charge is 0.497 e. The molecule has 0 fully saturated rings. The summed E-state index contributed by atoms with van der Waals surface area (Å²) in [6, 6.07) is 7.49. The van der Waals surface area contributed by atoms with E-state index in [1.165, 1.54) is 0 Å². The molecule has 126 valence electrons. The van der Waals surface area contributed by atoms with Crippen molar-refractivity contribution in [2.75, 3.05) is 20.2 Å². The maximum Gasteiger partial charge on any atom is 0.317 e. The number of hydrogen-bond donors (Lipinski definition) is 1. The lowest BCUT2D eigenvalue weighted by Gasteiger charge is -2.16. The SMILES string of the molecule is CCCN(CC(=O)O)Cc1ncc(-c2ccc(OC)cc2)o1.Cl. The van der Waals surface area contributed by atoms with Crippen molar-refractivity contribution in [2.45, 2.75) is 19.9 Å². The number of carbonyl (C=O) groups is 1. The van der Waals surface area contributed by atoms with Crippen LogP contribution in [0.3, 0.4) is 0 Å². The van der Waals surface area contributed by atoms with Gasteiger partial charge in [-0.2, -0.15) is 0 Å². The number of aromatic nitrogens is 1. The molecule has 2 rings (SSSR count). The molecule has 0 spiro atoms. The van der Waals surface area contributed by atoms with E-state index < -0.39 is 5.97 Å².